The number of hydrogen-bond donors (Lipinski definition) is 5. The molecule has 1 aliphatic rings. The highest BCUT2D eigenvalue weighted by molar-refractivity contribution is 6.05. The van der Waals surface area contributed by atoms with Gasteiger partial charge in [0.1, 0.15) is 18.0 Å². The van der Waals surface area contributed by atoms with E-state index in [2.05, 4.69) is 31.0 Å². The molecule has 1 aliphatic heterocycles. The van der Waals surface area contributed by atoms with Crippen LogP contribution in [0.5, 0.6) is 0 Å². The molecule has 0 atom stereocenters. The van der Waals surface area contributed by atoms with E-state index in [1.807, 2.05) is 6.92 Å². The number of carbonyl (C=O) groups excluding carboxylic acids is 1. The molecule has 0 aliphatic carbocycles. The van der Waals surface area contributed by atoms with Gasteiger partial charge in [-0.2, -0.15) is 23.0 Å². The van der Waals surface area contributed by atoms with Crippen LogP contribution >= 0.6 is 0 Å². The second kappa shape index (κ2) is 12.3. The Balaban J connectivity index is 1.42. The Kier molecular flexibility index (Phi) is 8.50. The number of aryl methyl sites for hydroxylation is 1. The summed E-state index contributed by atoms with van der Waals surface area (Å²) in [6, 6.07) is 11.7. The lowest BCUT2D eigenvalue weighted by Crippen LogP contribution is -2.36. The summed E-state index contributed by atoms with van der Waals surface area (Å²) >= 11 is 0. The maximum atomic E-state index is 13.8. The number of alkyl halides is 3. The third-order valence-electron chi connectivity index (χ3n) is 7.14. The lowest BCUT2D eigenvalue weighted by Gasteiger charge is -2.32. The number of piperidine rings is 1. The molecule has 226 valence electrons. The molecular weight excluding hydrogens is 565 g/mol. The van der Waals surface area contributed by atoms with E-state index in [4.69, 9.17) is 0 Å². The van der Waals surface area contributed by atoms with E-state index in [9.17, 15) is 28.2 Å². The second-order valence-electron chi connectivity index (χ2n) is 10.2. The zero-order valence-corrected chi connectivity index (χ0v) is 23.5. The number of halogens is 3. The van der Waals surface area contributed by atoms with Crippen molar-refractivity contribution >= 4 is 34.6 Å². The van der Waals surface area contributed by atoms with Gasteiger partial charge in [0, 0.05) is 54.9 Å². The lowest BCUT2D eigenvalue weighted by atomic mass is 10.0. The molecule has 4 aromatic rings. The molecule has 5 N–H and O–H groups in total. The van der Waals surface area contributed by atoms with Gasteiger partial charge < -0.3 is 31.1 Å². The molecule has 0 radical (unpaired) electrons. The molecule has 1 amide bonds. The van der Waals surface area contributed by atoms with Gasteiger partial charge in [-0.15, -0.1) is 0 Å². The number of anilines is 5. The summed E-state index contributed by atoms with van der Waals surface area (Å²) in [6.07, 6.45) is -2.89. The van der Waals surface area contributed by atoms with Gasteiger partial charge >= 0.3 is 6.18 Å². The molecule has 14 heteroatoms. The van der Waals surface area contributed by atoms with Crippen molar-refractivity contribution in [1.82, 2.24) is 19.7 Å². The first-order chi connectivity index (χ1) is 20.5. The number of rotatable bonds is 8. The third-order valence-corrected chi connectivity index (χ3v) is 7.14. The summed E-state index contributed by atoms with van der Waals surface area (Å²) in [7, 11) is 1.72. The van der Waals surface area contributed by atoms with Crippen LogP contribution < -0.4 is 20.9 Å². The Morgan fingerprint density at radius 3 is 2.53 bits per heavy atom. The van der Waals surface area contributed by atoms with Crippen LogP contribution in [0.3, 0.4) is 0 Å². The van der Waals surface area contributed by atoms with Crippen LogP contribution in [0.25, 0.3) is 5.82 Å². The number of carbonyl (C=O) groups is 1. The zero-order valence-electron chi connectivity index (χ0n) is 23.5. The van der Waals surface area contributed by atoms with Crippen LogP contribution in [0.4, 0.5) is 41.9 Å². The second-order valence-corrected chi connectivity index (χ2v) is 10.2. The van der Waals surface area contributed by atoms with E-state index in [1.54, 1.807) is 42.3 Å². The number of aliphatic hydroxyl groups is 2. The molecule has 0 saturated carbocycles. The Morgan fingerprint density at radius 1 is 1.07 bits per heavy atom. The number of nitrogens with one attached hydrogen (secondary N) is 3. The predicted molar refractivity (Wildman–Crippen MR) is 156 cm³/mol. The first-order valence-electron chi connectivity index (χ1n) is 13.6. The van der Waals surface area contributed by atoms with E-state index in [-0.39, 0.29) is 17.9 Å². The van der Waals surface area contributed by atoms with Crippen LogP contribution in [0.2, 0.25) is 0 Å². The van der Waals surface area contributed by atoms with Gasteiger partial charge in [0.25, 0.3) is 5.91 Å². The zero-order chi connectivity index (χ0) is 30.7. The van der Waals surface area contributed by atoms with Crippen molar-refractivity contribution in [3.63, 3.8) is 0 Å². The summed E-state index contributed by atoms with van der Waals surface area (Å²) in [5, 5.41) is 32.8. The van der Waals surface area contributed by atoms with Crippen molar-refractivity contribution in [2.75, 3.05) is 41.0 Å². The summed E-state index contributed by atoms with van der Waals surface area (Å²) in [6.45, 7) is 2.31. The van der Waals surface area contributed by atoms with Gasteiger partial charge in [-0.3, -0.25) is 4.79 Å². The number of benzene rings is 2. The summed E-state index contributed by atoms with van der Waals surface area (Å²) in [5.41, 5.74) is 1.35. The largest absolute Gasteiger partial charge is 0.416 e. The van der Waals surface area contributed by atoms with Crippen LogP contribution in [-0.4, -0.2) is 62.1 Å². The van der Waals surface area contributed by atoms with Crippen molar-refractivity contribution in [3.05, 3.63) is 77.2 Å². The van der Waals surface area contributed by atoms with Gasteiger partial charge in [0.05, 0.1) is 24.0 Å². The quantitative estimate of drug-likeness (QED) is 0.199. The van der Waals surface area contributed by atoms with Gasteiger partial charge in [0.2, 0.25) is 0 Å². The monoisotopic (exact) mass is 596 g/mol. The first kappa shape index (κ1) is 29.8. The molecule has 5 rings (SSSR count). The van der Waals surface area contributed by atoms with Gasteiger partial charge in [-0.05, 0) is 55.7 Å². The summed E-state index contributed by atoms with van der Waals surface area (Å²) < 4.78 is 42.8. The molecule has 1 saturated heterocycles. The van der Waals surface area contributed by atoms with E-state index in [0.29, 0.717) is 60.5 Å². The minimum atomic E-state index is -4.64. The highest BCUT2D eigenvalue weighted by Gasteiger charge is 2.33. The average Bonchev–Trinajstić information content (AvgIpc) is 3.41. The molecule has 0 bridgehead atoms. The number of aromatic nitrogens is 4. The smallest absolute Gasteiger partial charge is 0.393 e. The molecule has 1 fully saturated rings. The van der Waals surface area contributed by atoms with Crippen molar-refractivity contribution in [3.8, 4) is 5.82 Å². The Labute approximate surface area is 245 Å². The van der Waals surface area contributed by atoms with E-state index in [1.165, 1.54) is 17.1 Å². The first-order valence-corrected chi connectivity index (χ1v) is 13.6. The van der Waals surface area contributed by atoms with Crippen LogP contribution in [0.15, 0.2) is 54.9 Å². The fraction of sp³-hybridized carbons (Fsp3) is 0.310. The molecule has 3 heterocycles. The Bertz CT molecular complexity index is 1620. The Hall–Kier alpha value is -4.69. The summed E-state index contributed by atoms with van der Waals surface area (Å²) in [5.74, 6) is 0.777. The van der Waals surface area contributed by atoms with Crippen molar-refractivity contribution in [1.29, 1.82) is 0 Å². The number of aliphatic hydroxyl groups excluding tert-OH is 2. The molecule has 2 aromatic heterocycles. The van der Waals surface area contributed by atoms with Crippen LogP contribution in [0.1, 0.15) is 40.0 Å². The SMILES string of the molecule is CNc1cc(-n2nc(CO)cc2Nc2cc(NC(=O)c3cc(N4CCC(O)CC4)cc(C(F)(F)F)c3)ccc2C)ncn1. The van der Waals surface area contributed by atoms with Crippen LogP contribution in [0, 0.1) is 6.92 Å². The van der Waals surface area contributed by atoms with Crippen molar-refractivity contribution < 1.29 is 28.2 Å². The van der Waals surface area contributed by atoms with Crippen molar-refractivity contribution in [2.45, 2.75) is 38.7 Å². The molecule has 0 spiro atoms. The number of amides is 1. The summed E-state index contributed by atoms with van der Waals surface area (Å²) in [4.78, 5) is 23.4. The van der Waals surface area contributed by atoms with E-state index >= 15 is 0 Å². The maximum Gasteiger partial charge on any atom is 0.416 e. The molecular formula is C29H31F3N8O3. The molecule has 43 heavy (non-hydrogen) atoms. The molecule has 2 aromatic carbocycles. The van der Waals surface area contributed by atoms with Gasteiger partial charge in [0.15, 0.2) is 5.82 Å². The fourth-order valence-electron chi connectivity index (χ4n) is 4.76. The average molecular weight is 597 g/mol. The standard InChI is InChI=1S/C29H31F3N8O3/c1-17-3-4-20(12-24(17)37-27-13-21(15-41)38-40(27)26-14-25(33-2)34-16-35-26)36-28(43)18-9-19(29(30,31)32)11-22(10-18)39-7-5-23(42)6-8-39/h3-4,9-14,16,23,37,41-42H,5-8,15H2,1-2H3,(H,36,43)(H,33,34,35). The highest BCUT2D eigenvalue weighted by Crippen LogP contribution is 2.34. The fourth-order valence-corrected chi connectivity index (χ4v) is 4.76. The normalized spacial score (nSPS) is 14.1. The minimum Gasteiger partial charge on any atom is -0.393 e. The van der Waals surface area contributed by atoms with Crippen LogP contribution in [-0.2, 0) is 12.8 Å². The lowest BCUT2D eigenvalue weighted by molar-refractivity contribution is -0.137. The maximum absolute atomic E-state index is 13.8. The molecule has 0 unspecified atom stereocenters. The topological polar surface area (TPSA) is 140 Å². The third kappa shape index (κ3) is 6.87. The molecule has 11 nitrogen and oxygen atoms in total. The van der Waals surface area contributed by atoms with Gasteiger partial charge in [-0.1, -0.05) is 6.07 Å². The number of hydrogen-bond acceptors (Lipinski definition) is 9. The van der Waals surface area contributed by atoms with E-state index in [0.717, 1.165) is 17.7 Å². The Morgan fingerprint density at radius 2 is 1.84 bits per heavy atom. The van der Waals surface area contributed by atoms with Gasteiger partial charge in [-0.25, -0.2) is 9.97 Å². The van der Waals surface area contributed by atoms with Crippen molar-refractivity contribution in [2.24, 2.45) is 0 Å². The number of nitrogens with zero attached hydrogens (tertiary/aromatic N) is 5. The predicted octanol–water partition coefficient (Wildman–Crippen LogP) is 4.48. The minimum absolute atomic E-state index is 0.138. The highest BCUT2D eigenvalue weighted by atomic mass is 19.4. The van der Waals surface area contributed by atoms with E-state index < -0.39 is 23.8 Å².